The zero-order valence-electron chi connectivity index (χ0n) is 16.6. The lowest BCUT2D eigenvalue weighted by molar-refractivity contribution is -0.0494. The minimum atomic E-state index is -2.92. The van der Waals surface area contributed by atoms with Crippen LogP contribution in [0.5, 0.6) is 11.5 Å². The highest BCUT2D eigenvalue weighted by atomic mass is 19.3. The Morgan fingerprint density at radius 3 is 2.73 bits per heavy atom. The molecule has 0 amide bonds. The molecular weight excluding hydrogens is 392 g/mol. The first-order chi connectivity index (χ1) is 14.6. The molecule has 0 radical (unpaired) electrons. The van der Waals surface area contributed by atoms with Crippen LogP contribution in [-0.2, 0) is 6.54 Å². The normalized spacial score (nSPS) is 16.9. The Balaban J connectivity index is 1.48. The third-order valence-corrected chi connectivity index (χ3v) is 5.09. The van der Waals surface area contributed by atoms with Crippen LogP contribution in [0.25, 0.3) is 11.4 Å². The van der Waals surface area contributed by atoms with E-state index in [4.69, 9.17) is 9.26 Å². The van der Waals surface area contributed by atoms with Crippen LogP contribution in [0.3, 0.4) is 0 Å². The fourth-order valence-corrected chi connectivity index (χ4v) is 3.80. The smallest absolute Gasteiger partial charge is 0.387 e. The van der Waals surface area contributed by atoms with Gasteiger partial charge in [-0.3, -0.25) is 4.90 Å². The molecule has 8 heteroatoms. The van der Waals surface area contributed by atoms with E-state index in [1.807, 2.05) is 19.1 Å². The van der Waals surface area contributed by atoms with Crippen LogP contribution in [0.4, 0.5) is 8.78 Å². The monoisotopic (exact) mass is 415 g/mol. The minimum absolute atomic E-state index is 0.0216. The lowest BCUT2D eigenvalue weighted by Gasteiger charge is -2.23. The summed E-state index contributed by atoms with van der Waals surface area (Å²) in [5.74, 6) is 1.55. The Morgan fingerprint density at radius 2 is 1.97 bits per heavy atom. The number of rotatable bonds is 8. The summed E-state index contributed by atoms with van der Waals surface area (Å²) in [6.45, 7) is 1.09. The first-order valence-corrected chi connectivity index (χ1v) is 9.97. The molecule has 1 aromatic heterocycles. The molecule has 4 rings (SSSR count). The molecule has 2 aromatic carbocycles. The standard InChI is InChI=1S/C22H23F2N3O3/c1-2-28-16-11-9-15(10-12-16)18-7-5-13-27(18)14-20-25-21(26-30-20)17-6-3-4-8-19(17)29-22(23)24/h3-4,6,8-12,18,22H,2,5,7,13-14H2,1H3. The van der Waals surface area contributed by atoms with Gasteiger partial charge >= 0.3 is 6.61 Å². The molecule has 1 unspecified atom stereocenters. The molecule has 0 aliphatic carbocycles. The highest BCUT2D eigenvalue weighted by Crippen LogP contribution is 2.34. The third-order valence-electron chi connectivity index (χ3n) is 5.09. The second-order valence-corrected chi connectivity index (χ2v) is 7.02. The maximum atomic E-state index is 12.7. The van der Waals surface area contributed by atoms with Gasteiger partial charge in [-0.2, -0.15) is 13.8 Å². The summed E-state index contributed by atoms with van der Waals surface area (Å²) in [5, 5.41) is 3.97. The maximum Gasteiger partial charge on any atom is 0.387 e. The minimum Gasteiger partial charge on any atom is -0.494 e. The Bertz CT molecular complexity index is 962. The second kappa shape index (κ2) is 9.21. The molecule has 1 aliphatic heterocycles. The fourth-order valence-electron chi connectivity index (χ4n) is 3.80. The van der Waals surface area contributed by atoms with Gasteiger partial charge in [0, 0.05) is 6.04 Å². The van der Waals surface area contributed by atoms with Crippen LogP contribution in [0.2, 0.25) is 0 Å². The van der Waals surface area contributed by atoms with Gasteiger partial charge in [-0.05, 0) is 56.1 Å². The average Bonchev–Trinajstić information content (AvgIpc) is 3.39. The molecule has 0 bridgehead atoms. The number of ether oxygens (including phenoxy) is 2. The molecule has 3 aromatic rings. The van der Waals surface area contributed by atoms with Crippen LogP contribution in [-0.4, -0.2) is 34.8 Å². The summed E-state index contributed by atoms with van der Waals surface area (Å²) in [4.78, 5) is 6.70. The van der Waals surface area contributed by atoms with Crippen LogP contribution < -0.4 is 9.47 Å². The summed E-state index contributed by atoms with van der Waals surface area (Å²) in [5.41, 5.74) is 1.59. The van der Waals surface area contributed by atoms with E-state index >= 15 is 0 Å². The zero-order chi connectivity index (χ0) is 20.9. The van der Waals surface area contributed by atoms with Gasteiger partial charge in [0.15, 0.2) is 0 Å². The van der Waals surface area contributed by atoms with Gasteiger partial charge in [-0.25, -0.2) is 0 Å². The number of likely N-dealkylation sites (tertiary alicyclic amines) is 1. The Morgan fingerprint density at radius 1 is 1.17 bits per heavy atom. The van der Waals surface area contributed by atoms with Crippen molar-refractivity contribution in [3.8, 4) is 22.9 Å². The lowest BCUT2D eigenvalue weighted by atomic mass is 10.0. The number of nitrogens with zero attached hydrogens (tertiary/aromatic N) is 3. The van der Waals surface area contributed by atoms with E-state index in [9.17, 15) is 8.78 Å². The first-order valence-electron chi connectivity index (χ1n) is 9.97. The molecule has 2 heterocycles. The molecule has 0 saturated carbocycles. The predicted octanol–water partition coefficient (Wildman–Crippen LogP) is 5.07. The van der Waals surface area contributed by atoms with Crippen molar-refractivity contribution < 1.29 is 22.8 Å². The van der Waals surface area contributed by atoms with Gasteiger partial charge in [-0.15, -0.1) is 0 Å². The molecular formula is C22H23F2N3O3. The van der Waals surface area contributed by atoms with Crippen LogP contribution in [0.15, 0.2) is 53.1 Å². The van der Waals surface area contributed by atoms with Crippen LogP contribution >= 0.6 is 0 Å². The molecule has 1 aliphatic rings. The molecule has 158 valence electrons. The van der Waals surface area contributed by atoms with Crippen molar-refractivity contribution >= 4 is 0 Å². The molecule has 0 spiro atoms. The Kier molecular flexibility index (Phi) is 6.23. The highest BCUT2D eigenvalue weighted by Gasteiger charge is 2.28. The summed E-state index contributed by atoms with van der Waals surface area (Å²) in [6.07, 6.45) is 2.12. The number of para-hydroxylation sites is 1. The van der Waals surface area contributed by atoms with E-state index in [1.54, 1.807) is 18.2 Å². The van der Waals surface area contributed by atoms with Crippen LogP contribution in [0, 0.1) is 0 Å². The molecule has 0 N–H and O–H groups in total. The summed E-state index contributed by atoms with van der Waals surface area (Å²) in [7, 11) is 0. The van der Waals surface area contributed by atoms with Crippen molar-refractivity contribution in [2.24, 2.45) is 0 Å². The van der Waals surface area contributed by atoms with E-state index in [0.717, 1.165) is 25.1 Å². The molecule has 1 saturated heterocycles. The van der Waals surface area contributed by atoms with Crippen molar-refractivity contribution in [1.82, 2.24) is 15.0 Å². The maximum absolute atomic E-state index is 12.7. The topological polar surface area (TPSA) is 60.6 Å². The number of alkyl halides is 2. The third kappa shape index (κ3) is 4.59. The molecule has 1 atom stereocenters. The summed E-state index contributed by atoms with van der Waals surface area (Å²) in [6, 6.07) is 14.8. The molecule has 6 nitrogen and oxygen atoms in total. The van der Waals surface area contributed by atoms with Gasteiger partial charge in [0.25, 0.3) is 0 Å². The first kappa shape index (κ1) is 20.3. The SMILES string of the molecule is CCOc1ccc(C2CCCN2Cc2nc(-c3ccccc3OC(F)F)no2)cc1. The van der Waals surface area contributed by atoms with Gasteiger partial charge in [0.05, 0.1) is 18.7 Å². The Labute approximate surface area is 173 Å². The number of aromatic nitrogens is 2. The summed E-state index contributed by atoms with van der Waals surface area (Å²) < 4.78 is 40.8. The second-order valence-electron chi connectivity index (χ2n) is 7.02. The van der Waals surface area contributed by atoms with Gasteiger partial charge in [-0.1, -0.05) is 29.4 Å². The van der Waals surface area contributed by atoms with E-state index in [0.29, 0.717) is 24.6 Å². The highest BCUT2D eigenvalue weighted by molar-refractivity contribution is 5.63. The summed E-state index contributed by atoms with van der Waals surface area (Å²) >= 11 is 0. The van der Waals surface area contributed by atoms with Gasteiger partial charge in [0.1, 0.15) is 11.5 Å². The molecule has 1 fully saturated rings. The van der Waals surface area contributed by atoms with Crippen molar-refractivity contribution in [2.45, 2.75) is 39.0 Å². The lowest BCUT2D eigenvalue weighted by Crippen LogP contribution is -2.22. The van der Waals surface area contributed by atoms with Crippen molar-refractivity contribution in [3.05, 3.63) is 60.0 Å². The number of hydrogen-bond acceptors (Lipinski definition) is 6. The largest absolute Gasteiger partial charge is 0.494 e. The number of halogens is 2. The Hall–Kier alpha value is -3.00. The quantitative estimate of drug-likeness (QED) is 0.512. The van der Waals surface area contributed by atoms with E-state index in [2.05, 4.69) is 31.9 Å². The van der Waals surface area contributed by atoms with Gasteiger partial charge < -0.3 is 14.0 Å². The van der Waals surface area contributed by atoms with Crippen molar-refractivity contribution in [3.63, 3.8) is 0 Å². The zero-order valence-corrected chi connectivity index (χ0v) is 16.6. The predicted molar refractivity (Wildman–Crippen MR) is 106 cm³/mol. The van der Waals surface area contributed by atoms with Crippen molar-refractivity contribution in [1.29, 1.82) is 0 Å². The average molecular weight is 415 g/mol. The van der Waals surface area contributed by atoms with Crippen molar-refractivity contribution in [2.75, 3.05) is 13.2 Å². The number of hydrogen-bond donors (Lipinski definition) is 0. The van der Waals surface area contributed by atoms with Crippen LogP contribution in [0.1, 0.15) is 37.3 Å². The van der Waals surface area contributed by atoms with E-state index in [-0.39, 0.29) is 17.6 Å². The fraction of sp³-hybridized carbons (Fsp3) is 0.364. The van der Waals surface area contributed by atoms with E-state index < -0.39 is 6.61 Å². The van der Waals surface area contributed by atoms with E-state index in [1.165, 1.54) is 11.6 Å². The molecule has 30 heavy (non-hydrogen) atoms. The number of benzene rings is 2. The van der Waals surface area contributed by atoms with Gasteiger partial charge in [0.2, 0.25) is 11.7 Å².